The Bertz CT molecular complexity index is 553. The van der Waals surface area contributed by atoms with Crippen LogP contribution in [0.5, 0.6) is 0 Å². The predicted octanol–water partition coefficient (Wildman–Crippen LogP) is 2.99. The molecule has 1 saturated heterocycles. The fraction of sp³-hybridized carbons (Fsp3) is 0.650. The lowest BCUT2D eigenvalue weighted by Gasteiger charge is -2.40. The molecule has 0 radical (unpaired) electrons. The number of aliphatic hydroxyl groups is 1. The molecule has 0 aromatic heterocycles. The van der Waals surface area contributed by atoms with E-state index in [-0.39, 0.29) is 0 Å². The normalized spacial score (nSPS) is 26.8. The number of aliphatic imine (C=N–C) groups is 1. The molecule has 24 heavy (non-hydrogen) atoms. The Kier molecular flexibility index (Phi) is 5.44. The number of rotatable bonds is 4. The number of piperidine rings is 1. The van der Waals surface area contributed by atoms with Crippen LogP contribution in [0.1, 0.15) is 51.0 Å². The van der Waals surface area contributed by atoms with E-state index in [2.05, 4.69) is 54.4 Å². The van der Waals surface area contributed by atoms with Crippen LogP contribution < -0.4 is 5.32 Å². The number of likely N-dealkylation sites (tertiary alicyclic amines) is 1. The SMILES string of the molecule is CCNC(=NCC1(O)CCC1)N1CCC(c2ccccc2)C(C)C1. The number of guanidine groups is 1. The second kappa shape index (κ2) is 7.56. The summed E-state index contributed by atoms with van der Waals surface area (Å²) in [6.07, 6.45) is 4.06. The molecule has 0 bridgehead atoms. The van der Waals surface area contributed by atoms with Crippen LogP contribution in [0.25, 0.3) is 0 Å². The number of benzene rings is 1. The lowest BCUT2D eigenvalue weighted by Crippen LogP contribution is -2.49. The monoisotopic (exact) mass is 329 g/mol. The van der Waals surface area contributed by atoms with E-state index < -0.39 is 5.60 Å². The lowest BCUT2D eigenvalue weighted by atomic mass is 9.80. The van der Waals surface area contributed by atoms with Gasteiger partial charge in [-0.1, -0.05) is 37.3 Å². The second-order valence-electron chi connectivity index (χ2n) is 7.48. The van der Waals surface area contributed by atoms with E-state index in [9.17, 15) is 5.11 Å². The highest BCUT2D eigenvalue weighted by atomic mass is 16.3. The molecule has 1 aromatic carbocycles. The van der Waals surface area contributed by atoms with Crippen LogP contribution in [0, 0.1) is 5.92 Å². The van der Waals surface area contributed by atoms with Crippen molar-refractivity contribution in [1.82, 2.24) is 10.2 Å². The van der Waals surface area contributed by atoms with Gasteiger partial charge in [0.25, 0.3) is 0 Å². The van der Waals surface area contributed by atoms with Gasteiger partial charge in [0, 0.05) is 19.6 Å². The maximum Gasteiger partial charge on any atom is 0.194 e. The summed E-state index contributed by atoms with van der Waals surface area (Å²) >= 11 is 0. The second-order valence-corrected chi connectivity index (χ2v) is 7.48. The van der Waals surface area contributed by atoms with E-state index in [1.807, 2.05) is 0 Å². The van der Waals surface area contributed by atoms with E-state index in [4.69, 9.17) is 4.99 Å². The smallest absolute Gasteiger partial charge is 0.194 e. The highest BCUT2D eigenvalue weighted by Crippen LogP contribution is 2.33. The van der Waals surface area contributed by atoms with Crippen molar-refractivity contribution >= 4 is 5.96 Å². The predicted molar refractivity (Wildman–Crippen MR) is 99.3 cm³/mol. The molecule has 4 nitrogen and oxygen atoms in total. The van der Waals surface area contributed by atoms with Gasteiger partial charge in [-0.05, 0) is 50.0 Å². The summed E-state index contributed by atoms with van der Waals surface area (Å²) in [5.41, 5.74) is 0.907. The molecule has 0 spiro atoms. The van der Waals surface area contributed by atoms with Gasteiger partial charge < -0.3 is 15.3 Å². The molecular formula is C20H31N3O. The summed E-state index contributed by atoms with van der Waals surface area (Å²) < 4.78 is 0. The van der Waals surface area contributed by atoms with Gasteiger partial charge in [0.05, 0.1) is 12.1 Å². The van der Waals surface area contributed by atoms with Crippen molar-refractivity contribution in [3.8, 4) is 0 Å². The topological polar surface area (TPSA) is 47.9 Å². The molecule has 132 valence electrons. The maximum atomic E-state index is 10.3. The minimum atomic E-state index is -0.547. The summed E-state index contributed by atoms with van der Waals surface area (Å²) in [7, 11) is 0. The van der Waals surface area contributed by atoms with Gasteiger partial charge in [0.1, 0.15) is 0 Å². The molecule has 2 aliphatic rings. The van der Waals surface area contributed by atoms with Crippen LogP contribution >= 0.6 is 0 Å². The van der Waals surface area contributed by atoms with Crippen molar-refractivity contribution in [3.63, 3.8) is 0 Å². The molecule has 1 aliphatic carbocycles. The van der Waals surface area contributed by atoms with Crippen LogP contribution in [0.15, 0.2) is 35.3 Å². The average molecular weight is 329 g/mol. The Balaban J connectivity index is 1.64. The molecule has 1 heterocycles. The molecular weight excluding hydrogens is 298 g/mol. The molecule has 3 rings (SSSR count). The molecule has 0 amide bonds. The van der Waals surface area contributed by atoms with Gasteiger partial charge in [-0.3, -0.25) is 4.99 Å². The Labute approximate surface area is 146 Å². The highest BCUT2D eigenvalue weighted by Gasteiger charge is 2.35. The summed E-state index contributed by atoms with van der Waals surface area (Å²) in [6.45, 7) is 7.88. The largest absolute Gasteiger partial charge is 0.388 e. The minimum absolute atomic E-state index is 0.530. The first kappa shape index (κ1) is 17.3. The molecule has 1 saturated carbocycles. The molecule has 1 aliphatic heterocycles. The first-order chi connectivity index (χ1) is 11.6. The van der Waals surface area contributed by atoms with E-state index in [0.29, 0.717) is 18.4 Å². The Hall–Kier alpha value is -1.55. The van der Waals surface area contributed by atoms with Gasteiger partial charge in [0.2, 0.25) is 0 Å². The molecule has 2 atom stereocenters. The zero-order valence-corrected chi connectivity index (χ0v) is 15.0. The Morgan fingerprint density at radius 3 is 2.67 bits per heavy atom. The van der Waals surface area contributed by atoms with Crippen molar-refractivity contribution in [2.45, 2.75) is 51.0 Å². The third kappa shape index (κ3) is 3.92. The third-order valence-electron chi connectivity index (χ3n) is 5.57. The van der Waals surface area contributed by atoms with Crippen molar-refractivity contribution in [1.29, 1.82) is 0 Å². The molecule has 1 aromatic rings. The molecule has 2 fully saturated rings. The fourth-order valence-electron chi connectivity index (χ4n) is 3.92. The van der Waals surface area contributed by atoms with Gasteiger partial charge in [-0.25, -0.2) is 0 Å². The maximum absolute atomic E-state index is 10.3. The van der Waals surface area contributed by atoms with Crippen LogP contribution in [-0.4, -0.2) is 47.7 Å². The number of nitrogens with one attached hydrogen (secondary N) is 1. The number of hydrogen-bond acceptors (Lipinski definition) is 2. The van der Waals surface area contributed by atoms with E-state index in [0.717, 1.165) is 51.3 Å². The Morgan fingerprint density at radius 2 is 2.08 bits per heavy atom. The van der Waals surface area contributed by atoms with Gasteiger partial charge in [-0.15, -0.1) is 0 Å². The Morgan fingerprint density at radius 1 is 1.33 bits per heavy atom. The van der Waals surface area contributed by atoms with Crippen molar-refractivity contribution in [2.24, 2.45) is 10.9 Å². The zero-order chi connectivity index (χ0) is 17.0. The summed E-state index contributed by atoms with van der Waals surface area (Å²) in [5.74, 6) is 2.19. The lowest BCUT2D eigenvalue weighted by molar-refractivity contribution is -0.0238. The van der Waals surface area contributed by atoms with Crippen LogP contribution in [0.2, 0.25) is 0 Å². The summed E-state index contributed by atoms with van der Waals surface area (Å²) in [6, 6.07) is 10.9. The first-order valence-corrected chi connectivity index (χ1v) is 9.42. The zero-order valence-electron chi connectivity index (χ0n) is 15.0. The van der Waals surface area contributed by atoms with E-state index >= 15 is 0 Å². The third-order valence-corrected chi connectivity index (χ3v) is 5.57. The quantitative estimate of drug-likeness (QED) is 0.659. The summed E-state index contributed by atoms with van der Waals surface area (Å²) in [4.78, 5) is 7.12. The average Bonchev–Trinajstić information content (AvgIpc) is 2.57. The van der Waals surface area contributed by atoms with E-state index in [1.54, 1.807) is 0 Å². The molecule has 4 heteroatoms. The van der Waals surface area contributed by atoms with Crippen LogP contribution in [0.4, 0.5) is 0 Å². The van der Waals surface area contributed by atoms with Crippen LogP contribution in [0.3, 0.4) is 0 Å². The number of hydrogen-bond donors (Lipinski definition) is 2. The molecule has 2 N–H and O–H groups in total. The fourth-order valence-corrected chi connectivity index (χ4v) is 3.92. The van der Waals surface area contributed by atoms with Crippen LogP contribution in [-0.2, 0) is 0 Å². The van der Waals surface area contributed by atoms with Gasteiger partial charge in [0.15, 0.2) is 5.96 Å². The minimum Gasteiger partial charge on any atom is -0.388 e. The highest BCUT2D eigenvalue weighted by molar-refractivity contribution is 5.80. The van der Waals surface area contributed by atoms with Gasteiger partial charge in [-0.2, -0.15) is 0 Å². The van der Waals surface area contributed by atoms with Gasteiger partial charge >= 0.3 is 0 Å². The van der Waals surface area contributed by atoms with E-state index in [1.165, 1.54) is 5.56 Å². The first-order valence-electron chi connectivity index (χ1n) is 9.42. The van der Waals surface area contributed by atoms with Crippen molar-refractivity contribution < 1.29 is 5.11 Å². The number of nitrogens with zero attached hydrogens (tertiary/aromatic N) is 2. The molecule has 2 unspecified atom stereocenters. The van der Waals surface area contributed by atoms with Crippen molar-refractivity contribution in [2.75, 3.05) is 26.2 Å². The standard InChI is InChI=1S/C20H31N3O/c1-3-21-19(22-15-20(24)11-7-12-20)23-13-10-18(16(2)14-23)17-8-5-4-6-9-17/h4-6,8-9,16,18,24H,3,7,10-15H2,1-2H3,(H,21,22). The van der Waals surface area contributed by atoms with Crippen molar-refractivity contribution in [3.05, 3.63) is 35.9 Å². The summed E-state index contributed by atoms with van der Waals surface area (Å²) in [5, 5.41) is 13.7.